The van der Waals surface area contributed by atoms with Gasteiger partial charge in [-0.2, -0.15) is 0 Å². The number of rotatable bonds is 34. The molecule has 5 heterocycles. The summed E-state index contributed by atoms with van der Waals surface area (Å²) >= 11 is 0. The van der Waals surface area contributed by atoms with Crippen LogP contribution in [0, 0.1) is 11.8 Å². The number of carbonyl (C=O) groups is 15. The normalized spacial score (nSPS) is 20.7. The first-order chi connectivity index (χ1) is 47.2. The Morgan fingerprint density at radius 1 is 0.475 bits per heavy atom. The Kier molecular flexibility index (Phi) is 28.6. The maximum absolute atomic E-state index is 14.7. The molecular weight excluding hydrogens is 1280 g/mol. The van der Waals surface area contributed by atoms with E-state index in [1.54, 1.807) is 74.5 Å². The zero-order valence-electron chi connectivity index (χ0n) is 56.8. The number of carboxylic acid groups (broad SMARTS) is 1. The van der Waals surface area contributed by atoms with Gasteiger partial charge < -0.3 is 84.0 Å². The molecule has 0 spiro atoms. The molecule has 5 saturated heterocycles. The van der Waals surface area contributed by atoms with Crippen molar-refractivity contribution in [3.05, 3.63) is 71.8 Å². The number of amides is 14. The van der Waals surface area contributed by atoms with Crippen LogP contribution in [0.2, 0.25) is 0 Å². The number of aliphatic carboxylic acids is 1. The molecule has 99 heavy (non-hydrogen) atoms. The molecule has 15 N–H and O–H groups in total. The van der Waals surface area contributed by atoms with Gasteiger partial charge in [-0.05, 0) is 93.6 Å². The summed E-state index contributed by atoms with van der Waals surface area (Å²) in [4.78, 5) is 210. The molecular formula is C68H98N15O16+. The molecule has 11 atom stereocenters. The van der Waals surface area contributed by atoms with Crippen molar-refractivity contribution < 1.29 is 82.3 Å². The summed E-state index contributed by atoms with van der Waals surface area (Å²) in [5.74, 6) is -11.4. The van der Waals surface area contributed by atoms with Gasteiger partial charge in [0.05, 0.1) is 19.6 Å². The van der Waals surface area contributed by atoms with E-state index in [1.807, 2.05) is 19.2 Å². The zero-order chi connectivity index (χ0) is 72.0. The number of benzene rings is 2. The molecule has 0 aromatic heterocycles. The van der Waals surface area contributed by atoms with Crippen LogP contribution in [0.1, 0.15) is 135 Å². The number of nitrogens with two attached hydrogens (primary N) is 3. The van der Waals surface area contributed by atoms with Crippen molar-refractivity contribution in [2.24, 2.45) is 23.3 Å². The number of nitrogens with zero attached hydrogens (tertiary/aromatic N) is 4. The lowest BCUT2D eigenvalue weighted by molar-refractivity contribution is -0.657. The molecule has 0 unspecified atom stereocenters. The van der Waals surface area contributed by atoms with Crippen molar-refractivity contribution in [1.29, 1.82) is 0 Å². The third-order valence-electron chi connectivity index (χ3n) is 18.7. The quantitative estimate of drug-likeness (QED) is 0.0325. The van der Waals surface area contributed by atoms with E-state index in [1.165, 1.54) is 19.6 Å². The summed E-state index contributed by atoms with van der Waals surface area (Å²) in [7, 11) is 0. The third kappa shape index (κ3) is 22.0. The van der Waals surface area contributed by atoms with Crippen LogP contribution in [-0.4, -0.2) is 226 Å². The summed E-state index contributed by atoms with van der Waals surface area (Å²) in [6, 6.07) is 5.23. The molecule has 540 valence electrons. The largest absolute Gasteiger partial charge is 0.480 e. The van der Waals surface area contributed by atoms with Gasteiger partial charge in [-0.3, -0.25) is 67.1 Å². The molecule has 2 aromatic carbocycles. The minimum Gasteiger partial charge on any atom is -0.480 e. The van der Waals surface area contributed by atoms with E-state index in [4.69, 9.17) is 11.5 Å². The highest BCUT2D eigenvalue weighted by Gasteiger charge is 2.46. The Bertz CT molecular complexity index is 3260. The van der Waals surface area contributed by atoms with Crippen molar-refractivity contribution in [2.75, 3.05) is 45.8 Å². The zero-order valence-corrected chi connectivity index (χ0v) is 56.8. The predicted octanol–water partition coefficient (Wildman–Crippen LogP) is -3.38. The fourth-order valence-corrected chi connectivity index (χ4v) is 13.5. The monoisotopic (exact) mass is 1380 g/mol. The topological polar surface area (TPSA) is 454 Å². The highest BCUT2D eigenvalue weighted by Crippen LogP contribution is 2.27. The van der Waals surface area contributed by atoms with E-state index in [0.717, 1.165) is 13.0 Å². The SMILES string of the molecule is CC(C)C[C@H](NC(=O)[C@@H](NC(=O)[C@@H]1CCC[NH2+]1)C(C)C)C(=O)N[C@@H](Cc1ccccc1)C(=O)N1CCC[C@H]1C(=O)NCC(=O)N[C@@H](CCC(N)=O)C(=O)N1CCC[C@H]1C(=O)N[C@@H](Cc1ccccc1)C(=O)NCC(=O)N[C@@H](CCC(N)=O)C(=O)N1CCC[C@H]1C(=O)N1CCC[C@H]1C(=O)O. The van der Waals surface area contributed by atoms with Crippen LogP contribution in [0.25, 0.3) is 0 Å². The fourth-order valence-electron chi connectivity index (χ4n) is 13.5. The number of primary amides is 2. The second-order valence-electron chi connectivity index (χ2n) is 27.0. The van der Waals surface area contributed by atoms with Crippen LogP contribution in [0.15, 0.2) is 60.7 Å². The summed E-state index contributed by atoms with van der Waals surface area (Å²) in [6.45, 7) is 7.12. The lowest BCUT2D eigenvalue weighted by Gasteiger charge is -2.32. The van der Waals surface area contributed by atoms with Crippen molar-refractivity contribution in [1.82, 2.24) is 62.1 Å². The van der Waals surface area contributed by atoms with Crippen LogP contribution in [0.4, 0.5) is 0 Å². The number of likely N-dealkylation sites (tertiary alicyclic amines) is 4. The smallest absolute Gasteiger partial charge is 0.326 e. The minimum atomic E-state index is -1.45. The maximum Gasteiger partial charge on any atom is 0.326 e. The lowest BCUT2D eigenvalue weighted by atomic mass is 9.98. The number of nitrogens with one attached hydrogen (secondary N) is 8. The number of hydrogen-bond donors (Lipinski definition) is 12. The predicted molar refractivity (Wildman–Crippen MR) is 355 cm³/mol. The van der Waals surface area contributed by atoms with Gasteiger partial charge in [0.1, 0.15) is 60.4 Å². The first kappa shape index (κ1) is 76.8. The molecule has 31 heteroatoms. The van der Waals surface area contributed by atoms with Gasteiger partial charge in [0.2, 0.25) is 76.8 Å². The van der Waals surface area contributed by atoms with Crippen molar-refractivity contribution >= 4 is 88.7 Å². The summed E-state index contributed by atoms with van der Waals surface area (Å²) in [5.41, 5.74) is 12.2. The molecule has 0 bridgehead atoms. The summed E-state index contributed by atoms with van der Waals surface area (Å²) in [6.07, 6.45) is 2.68. The van der Waals surface area contributed by atoms with Crippen LogP contribution in [-0.2, 0) is 84.8 Å². The second kappa shape index (κ2) is 36.9. The number of carboxylic acids is 1. The Morgan fingerprint density at radius 3 is 1.43 bits per heavy atom. The van der Waals surface area contributed by atoms with E-state index in [2.05, 4.69) is 42.5 Å². The van der Waals surface area contributed by atoms with Gasteiger partial charge in [-0.1, -0.05) is 88.4 Å². The molecule has 0 aliphatic carbocycles. The molecule has 5 aliphatic heterocycles. The van der Waals surface area contributed by atoms with Crippen LogP contribution in [0.3, 0.4) is 0 Å². The molecule has 14 amide bonds. The van der Waals surface area contributed by atoms with Crippen LogP contribution in [0.5, 0.6) is 0 Å². The molecule has 0 saturated carbocycles. The van der Waals surface area contributed by atoms with E-state index in [9.17, 15) is 77.0 Å². The molecule has 5 fully saturated rings. The molecule has 5 aliphatic rings. The van der Waals surface area contributed by atoms with Gasteiger partial charge in [-0.15, -0.1) is 0 Å². The lowest BCUT2D eigenvalue weighted by Crippen LogP contribution is -2.89. The molecule has 7 rings (SSSR count). The number of quaternary nitrogens is 1. The number of hydrogen-bond acceptors (Lipinski definition) is 15. The standard InChI is InChI=1S/C68H97N15O16/c1-39(2)34-46(77-63(93)57(40(3)4)79-59(89)43-20-11-29-71-43)60(90)78-48(36-42-18-9-6-10-19-42)66(96)80-30-12-21-49(80)61(91)73-38-56(87)74-44(25-27-53(69)84)64(94)81-31-13-22-50(81)62(92)76-47(35-41-16-7-5-8-17-41)58(88)72-37-55(86)75-45(26-28-54(70)85)65(95)82-32-14-23-51(82)67(97)83-33-15-24-52(83)68(98)99/h5-10,16-19,39-40,43-52,57,71H,11-15,20-38H2,1-4H3,(H2,69,84)(H2,70,85)(H,72,88)(H,73,91)(H,74,87)(H,75,86)(H,76,92)(H,77,93)(H,78,90)(H,79,89)(H,98,99)/p+1/t43-,44-,45-,46-,47-,48-,49-,50-,51-,52-,57-/m0/s1. The van der Waals surface area contributed by atoms with Gasteiger partial charge in [0.25, 0.3) is 5.91 Å². The van der Waals surface area contributed by atoms with E-state index in [-0.39, 0.29) is 121 Å². The van der Waals surface area contributed by atoms with Crippen molar-refractivity contribution in [3.8, 4) is 0 Å². The molecule has 0 radical (unpaired) electrons. The van der Waals surface area contributed by atoms with Gasteiger partial charge in [0.15, 0.2) is 6.04 Å². The average molecular weight is 1380 g/mol. The fraction of sp³-hybridized carbons (Fsp3) is 0.603. The Hall–Kier alpha value is -9.55. The molecule has 2 aromatic rings. The highest BCUT2D eigenvalue weighted by atomic mass is 16.4. The minimum absolute atomic E-state index is 0.0103. The maximum atomic E-state index is 14.7. The van der Waals surface area contributed by atoms with E-state index in [0.29, 0.717) is 43.2 Å². The third-order valence-corrected chi connectivity index (χ3v) is 18.7. The van der Waals surface area contributed by atoms with Gasteiger partial charge in [-0.25, -0.2) is 4.79 Å². The Balaban J connectivity index is 0.977. The highest BCUT2D eigenvalue weighted by molar-refractivity contribution is 6.00. The van der Waals surface area contributed by atoms with Crippen LogP contribution >= 0.6 is 0 Å². The van der Waals surface area contributed by atoms with Gasteiger partial charge in [0, 0.05) is 64.7 Å². The first-order valence-electron chi connectivity index (χ1n) is 34.5. The molecule has 31 nitrogen and oxygen atoms in total. The number of carbonyl (C=O) groups excluding carboxylic acids is 14. The van der Waals surface area contributed by atoms with Crippen molar-refractivity contribution in [3.63, 3.8) is 0 Å². The van der Waals surface area contributed by atoms with E-state index < -0.39 is 156 Å². The van der Waals surface area contributed by atoms with Crippen molar-refractivity contribution in [2.45, 2.75) is 203 Å². The average Bonchev–Trinajstić information content (AvgIpc) is 1.72. The van der Waals surface area contributed by atoms with Gasteiger partial charge >= 0.3 is 5.97 Å². The van der Waals surface area contributed by atoms with Crippen LogP contribution < -0.4 is 59.3 Å². The summed E-state index contributed by atoms with van der Waals surface area (Å²) < 4.78 is 0. The second-order valence-corrected chi connectivity index (χ2v) is 27.0. The first-order valence-corrected chi connectivity index (χ1v) is 34.5. The Morgan fingerprint density at radius 2 is 0.939 bits per heavy atom. The summed E-state index contributed by atoms with van der Waals surface area (Å²) in [5, 5.41) is 33.1. The Labute approximate surface area is 575 Å². The van der Waals surface area contributed by atoms with E-state index >= 15 is 0 Å².